The van der Waals surface area contributed by atoms with Crippen LogP contribution in [0.4, 0.5) is 0 Å². The molecule has 0 aliphatic rings. The van der Waals surface area contributed by atoms with Gasteiger partial charge in [0, 0.05) is 26.9 Å². The zero-order valence-electron chi connectivity index (χ0n) is 12.7. The van der Waals surface area contributed by atoms with E-state index in [1.807, 2.05) is 13.0 Å². The first-order valence-corrected chi connectivity index (χ1v) is 6.80. The molecule has 2 aromatic rings. The van der Waals surface area contributed by atoms with Gasteiger partial charge in [-0.15, -0.1) is 10.2 Å². The molecule has 0 fully saturated rings. The van der Waals surface area contributed by atoms with Crippen molar-refractivity contribution in [2.75, 3.05) is 13.6 Å². The predicted octanol–water partition coefficient (Wildman–Crippen LogP) is -0.427. The van der Waals surface area contributed by atoms with E-state index in [2.05, 4.69) is 25.9 Å². The maximum Gasteiger partial charge on any atom is 0.265 e. The Hall–Kier alpha value is -2.71. The number of amides is 2. The third-order valence-electron chi connectivity index (χ3n) is 2.98. The lowest BCUT2D eigenvalue weighted by Crippen LogP contribution is -2.35. The van der Waals surface area contributed by atoms with Crippen LogP contribution in [-0.2, 0) is 23.1 Å². The molecule has 0 aliphatic carbocycles. The molecule has 0 atom stereocenters. The van der Waals surface area contributed by atoms with E-state index in [4.69, 9.17) is 4.42 Å². The van der Waals surface area contributed by atoms with Gasteiger partial charge in [0.25, 0.3) is 5.89 Å². The fraction of sp³-hybridized carbons (Fsp3) is 0.462. The van der Waals surface area contributed by atoms with Crippen molar-refractivity contribution < 1.29 is 14.0 Å². The molecule has 118 valence electrons. The lowest BCUT2D eigenvalue weighted by molar-refractivity contribution is -0.125. The van der Waals surface area contributed by atoms with E-state index in [1.54, 1.807) is 11.7 Å². The molecule has 0 bridgehead atoms. The van der Waals surface area contributed by atoms with Gasteiger partial charge in [-0.1, -0.05) is 0 Å². The number of hydrogen-bond acceptors (Lipinski definition) is 6. The Labute approximate surface area is 127 Å². The molecule has 2 amide bonds. The van der Waals surface area contributed by atoms with E-state index >= 15 is 0 Å². The normalized spacial score (nSPS) is 10.5. The van der Waals surface area contributed by atoms with Gasteiger partial charge in [-0.25, -0.2) is 0 Å². The highest BCUT2D eigenvalue weighted by molar-refractivity contribution is 5.84. The number of aryl methyl sites for hydroxylation is 3. The van der Waals surface area contributed by atoms with E-state index in [0.717, 1.165) is 11.4 Å². The number of carbonyl (C=O) groups is 2. The van der Waals surface area contributed by atoms with Crippen LogP contribution in [0.3, 0.4) is 0 Å². The summed E-state index contributed by atoms with van der Waals surface area (Å²) < 4.78 is 7.17. The molecule has 0 unspecified atom stereocenters. The summed E-state index contributed by atoms with van der Waals surface area (Å²) in [7, 11) is 3.30. The summed E-state index contributed by atoms with van der Waals surface area (Å²) in [6.07, 6.45) is 0.479. The van der Waals surface area contributed by atoms with Crippen molar-refractivity contribution >= 4 is 11.8 Å². The molecule has 9 nitrogen and oxygen atoms in total. The summed E-state index contributed by atoms with van der Waals surface area (Å²) in [6, 6.07) is 1.84. The Bertz CT molecular complexity index is 675. The average molecular weight is 306 g/mol. The second-order valence-electron chi connectivity index (χ2n) is 4.75. The molecular weight excluding hydrogens is 288 g/mol. The van der Waals surface area contributed by atoms with Crippen LogP contribution in [0.1, 0.15) is 18.0 Å². The standard InChI is InChI=1S/C13H18N6O3/c1-8-6-9(19(3)18-8)13-17-16-12(22-13)5-4-10(20)15-7-11(21)14-2/h6H,4-5,7H2,1-3H3,(H,14,21)(H,15,20). The second kappa shape index (κ2) is 6.83. The molecule has 0 aliphatic heterocycles. The van der Waals surface area contributed by atoms with Crippen molar-refractivity contribution in [3.63, 3.8) is 0 Å². The lowest BCUT2D eigenvalue weighted by atomic mass is 10.3. The monoisotopic (exact) mass is 306 g/mol. The van der Waals surface area contributed by atoms with E-state index in [0.29, 0.717) is 18.2 Å². The first-order valence-electron chi connectivity index (χ1n) is 6.80. The molecular formula is C13H18N6O3. The Kier molecular flexibility index (Phi) is 4.87. The van der Waals surface area contributed by atoms with Crippen LogP contribution in [0.25, 0.3) is 11.6 Å². The number of carbonyl (C=O) groups excluding carboxylic acids is 2. The van der Waals surface area contributed by atoms with Crippen LogP contribution in [0.15, 0.2) is 10.5 Å². The predicted molar refractivity (Wildman–Crippen MR) is 76.6 cm³/mol. The summed E-state index contributed by atoms with van der Waals surface area (Å²) in [4.78, 5) is 22.6. The zero-order chi connectivity index (χ0) is 16.1. The molecule has 2 aromatic heterocycles. The van der Waals surface area contributed by atoms with E-state index in [1.165, 1.54) is 7.05 Å². The third-order valence-corrected chi connectivity index (χ3v) is 2.98. The Morgan fingerprint density at radius 3 is 2.73 bits per heavy atom. The van der Waals surface area contributed by atoms with E-state index < -0.39 is 0 Å². The first kappa shape index (κ1) is 15.7. The molecule has 2 rings (SSSR count). The SMILES string of the molecule is CNC(=O)CNC(=O)CCc1nnc(-c2cc(C)nn2C)o1. The Morgan fingerprint density at radius 2 is 2.09 bits per heavy atom. The van der Waals surface area contributed by atoms with Crippen LogP contribution in [0, 0.1) is 6.92 Å². The second-order valence-corrected chi connectivity index (χ2v) is 4.75. The zero-order valence-corrected chi connectivity index (χ0v) is 12.7. The largest absolute Gasteiger partial charge is 0.419 e. The van der Waals surface area contributed by atoms with Crippen molar-refractivity contribution in [2.45, 2.75) is 19.8 Å². The minimum Gasteiger partial charge on any atom is -0.419 e. The molecule has 22 heavy (non-hydrogen) atoms. The first-order chi connectivity index (χ1) is 10.5. The van der Waals surface area contributed by atoms with Crippen molar-refractivity contribution in [1.29, 1.82) is 0 Å². The molecule has 0 aromatic carbocycles. The Morgan fingerprint density at radius 1 is 1.32 bits per heavy atom. The minimum atomic E-state index is -0.250. The number of nitrogens with one attached hydrogen (secondary N) is 2. The summed E-state index contributed by atoms with van der Waals surface area (Å²) in [6.45, 7) is 1.83. The summed E-state index contributed by atoms with van der Waals surface area (Å²) in [5.74, 6) is 0.229. The molecule has 0 spiro atoms. The van der Waals surface area contributed by atoms with Gasteiger partial charge >= 0.3 is 0 Å². The maximum absolute atomic E-state index is 11.6. The van der Waals surface area contributed by atoms with Gasteiger partial charge in [-0.3, -0.25) is 14.3 Å². The van der Waals surface area contributed by atoms with Gasteiger partial charge in [0.2, 0.25) is 17.7 Å². The molecule has 0 radical (unpaired) electrons. The molecule has 9 heteroatoms. The van der Waals surface area contributed by atoms with Gasteiger partial charge in [0.1, 0.15) is 5.69 Å². The van der Waals surface area contributed by atoms with Crippen LogP contribution >= 0.6 is 0 Å². The van der Waals surface area contributed by atoms with Crippen molar-refractivity contribution in [1.82, 2.24) is 30.6 Å². The smallest absolute Gasteiger partial charge is 0.265 e. The maximum atomic E-state index is 11.6. The lowest BCUT2D eigenvalue weighted by Gasteiger charge is -2.02. The van der Waals surface area contributed by atoms with Gasteiger partial charge in [0.15, 0.2) is 0 Å². The van der Waals surface area contributed by atoms with Crippen LogP contribution in [0.2, 0.25) is 0 Å². The average Bonchev–Trinajstić information content (AvgIpc) is 3.08. The Balaban J connectivity index is 1.89. The van der Waals surface area contributed by atoms with Gasteiger partial charge in [0.05, 0.1) is 12.2 Å². The van der Waals surface area contributed by atoms with Crippen molar-refractivity contribution in [2.24, 2.45) is 7.05 Å². The fourth-order valence-corrected chi connectivity index (χ4v) is 1.85. The van der Waals surface area contributed by atoms with Crippen molar-refractivity contribution in [3.05, 3.63) is 17.7 Å². The fourth-order valence-electron chi connectivity index (χ4n) is 1.85. The molecule has 2 heterocycles. The van der Waals surface area contributed by atoms with Crippen LogP contribution < -0.4 is 10.6 Å². The van der Waals surface area contributed by atoms with E-state index in [9.17, 15) is 9.59 Å². The summed E-state index contributed by atoms with van der Waals surface area (Å²) >= 11 is 0. The number of hydrogen-bond donors (Lipinski definition) is 2. The van der Waals surface area contributed by atoms with Gasteiger partial charge in [-0.2, -0.15) is 5.10 Å². The molecule has 0 saturated heterocycles. The molecule has 2 N–H and O–H groups in total. The number of likely N-dealkylation sites (N-methyl/N-ethyl adjacent to an activating group) is 1. The van der Waals surface area contributed by atoms with E-state index in [-0.39, 0.29) is 24.8 Å². The minimum absolute atomic E-state index is 0.0429. The van der Waals surface area contributed by atoms with Crippen LogP contribution in [0.5, 0.6) is 0 Å². The summed E-state index contributed by atoms with van der Waals surface area (Å²) in [5.41, 5.74) is 1.58. The quantitative estimate of drug-likeness (QED) is 0.748. The van der Waals surface area contributed by atoms with Crippen molar-refractivity contribution in [3.8, 4) is 11.6 Å². The van der Waals surface area contributed by atoms with Gasteiger partial charge < -0.3 is 15.1 Å². The summed E-state index contributed by atoms with van der Waals surface area (Å²) in [5, 5.41) is 17.0. The molecule has 0 saturated carbocycles. The number of rotatable bonds is 6. The third kappa shape index (κ3) is 3.90. The van der Waals surface area contributed by atoms with Gasteiger partial charge in [-0.05, 0) is 13.0 Å². The highest BCUT2D eigenvalue weighted by Crippen LogP contribution is 2.18. The number of aromatic nitrogens is 4. The van der Waals surface area contributed by atoms with Crippen LogP contribution in [-0.4, -0.2) is 45.4 Å². The highest BCUT2D eigenvalue weighted by Gasteiger charge is 2.14. The topological polar surface area (TPSA) is 115 Å². The number of nitrogens with zero attached hydrogens (tertiary/aromatic N) is 4. The highest BCUT2D eigenvalue weighted by atomic mass is 16.4.